The minimum atomic E-state index is -0.103. The molecule has 0 saturated carbocycles. The molecule has 0 aromatic rings. The summed E-state index contributed by atoms with van der Waals surface area (Å²) in [4.78, 5) is 14.1. The van der Waals surface area contributed by atoms with Gasteiger partial charge in [-0.25, -0.2) is 4.79 Å². The van der Waals surface area contributed by atoms with Crippen molar-refractivity contribution in [3.63, 3.8) is 0 Å². The summed E-state index contributed by atoms with van der Waals surface area (Å²) in [5, 5.41) is 0. The number of hydrogen-bond acceptors (Lipinski definition) is 3. The van der Waals surface area contributed by atoms with Crippen LogP contribution < -0.4 is 0 Å². The van der Waals surface area contributed by atoms with Crippen LogP contribution in [0.4, 0.5) is 0 Å². The first kappa shape index (κ1) is 10.7. The number of carbonyl (C=O) groups excluding carboxylic acids is 1. The Labute approximate surface area is 91.1 Å². The molecule has 2 aliphatic heterocycles. The summed E-state index contributed by atoms with van der Waals surface area (Å²) >= 11 is 0. The van der Waals surface area contributed by atoms with Gasteiger partial charge in [-0.05, 0) is 32.7 Å². The molecule has 0 spiro atoms. The van der Waals surface area contributed by atoms with Crippen LogP contribution in [0.5, 0.6) is 0 Å². The zero-order valence-electron chi connectivity index (χ0n) is 9.53. The molecule has 3 nitrogen and oxygen atoms in total. The molecule has 0 N–H and O–H groups in total. The average molecular weight is 209 g/mol. The van der Waals surface area contributed by atoms with Crippen LogP contribution in [0.2, 0.25) is 0 Å². The Kier molecular flexibility index (Phi) is 3.10. The predicted octanol–water partition coefficient (Wildman–Crippen LogP) is 1.73. The van der Waals surface area contributed by atoms with Gasteiger partial charge in [-0.2, -0.15) is 0 Å². The lowest BCUT2D eigenvalue weighted by molar-refractivity contribution is -0.139. The number of ether oxygens (including phenoxy) is 1. The zero-order chi connectivity index (χ0) is 10.8. The third-order valence-electron chi connectivity index (χ3n) is 3.48. The van der Waals surface area contributed by atoms with Crippen LogP contribution in [0.3, 0.4) is 0 Å². The maximum atomic E-state index is 11.8. The van der Waals surface area contributed by atoms with E-state index < -0.39 is 0 Å². The summed E-state index contributed by atoms with van der Waals surface area (Å²) in [6.07, 6.45) is 6.29. The van der Waals surface area contributed by atoms with Crippen molar-refractivity contribution in [3.05, 3.63) is 11.6 Å². The molecule has 0 amide bonds. The smallest absolute Gasteiger partial charge is 0.335 e. The largest absolute Gasteiger partial charge is 0.462 e. The molecule has 0 unspecified atom stereocenters. The van der Waals surface area contributed by atoms with E-state index in [9.17, 15) is 4.79 Å². The molecule has 3 heteroatoms. The molecule has 2 heterocycles. The van der Waals surface area contributed by atoms with Gasteiger partial charge in [0.05, 0.1) is 12.2 Å². The number of esters is 1. The number of carbonyl (C=O) groups is 1. The van der Waals surface area contributed by atoms with Crippen molar-refractivity contribution in [3.8, 4) is 0 Å². The Balaban J connectivity index is 2.03. The number of likely N-dealkylation sites (N-methyl/N-ethyl adjacent to an activating group) is 1. The van der Waals surface area contributed by atoms with Gasteiger partial charge in [0.1, 0.15) is 0 Å². The fourth-order valence-corrected chi connectivity index (χ4v) is 2.57. The second kappa shape index (κ2) is 4.35. The van der Waals surface area contributed by atoms with E-state index in [0.717, 1.165) is 24.8 Å². The fraction of sp³-hybridized carbons (Fsp3) is 0.750. The highest BCUT2D eigenvalue weighted by molar-refractivity contribution is 5.90. The average Bonchev–Trinajstić information content (AvgIpc) is 2.51. The molecule has 84 valence electrons. The molecule has 2 atom stereocenters. The normalized spacial score (nSPS) is 30.1. The van der Waals surface area contributed by atoms with E-state index in [1.807, 2.05) is 6.92 Å². The fourth-order valence-electron chi connectivity index (χ4n) is 2.57. The molecule has 15 heavy (non-hydrogen) atoms. The molecule has 0 aliphatic carbocycles. The molecule has 2 bridgehead atoms. The van der Waals surface area contributed by atoms with Crippen molar-refractivity contribution in [2.24, 2.45) is 0 Å². The van der Waals surface area contributed by atoms with Crippen LogP contribution in [0.25, 0.3) is 0 Å². The quantitative estimate of drug-likeness (QED) is 0.663. The summed E-state index contributed by atoms with van der Waals surface area (Å²) in [7, 11) is 2.11. The topological polar surface area (TPSA) is 29.5 Å². The van der Waals surface area contributed by atoms with Gasteiger partial charge in [-0.15, -0.1) is 0 Å². The first-order valence-electron chi connectivity index (χ1n) is 5.83. The Morgan fingerprint density at radius 2 is 2.40 bits per heavy atom. The van der Waals surface area contributed by atoms with E-state index >= 15 is 0 Å². The van der Waals surface area contributed by atoms with Gasteiger partial charge in [0, 0.05) is 12.1 Å². The first-order valence-corrected chi connectivity index (χ1v) is 5.83. The third-order valence-corrected chi connectivity index (χ3v) is 3.48. The lowest BCUT2D eigenvalue weighted by Crippen LogP contribution is -2.38. The highest BCUT2D eigenvalue weighted by Gasteiger charge is 2.38. The van der Waals surface area contributed by atoms with Crippen LogP contribution in [0.15, 0.2) is 11.6 Å². The number of hydrogen-bond donors (Lipinski definition) is 0. The summed E-state index contributed by atoms with van der Waals surface area (Å²) in [6.45, 7) is 2.55. The second-order valence-corrected chi connectivity index (χ2v) is 4.44. The number of fused-ring (bicyclic) bond motifs is 2. The molecule has 0 aromatic heterocycles. The van der Waals surface area contributed by atoms with Gasteiger partial charge in [0.25, 0.3) is 0 Å². The van der Waals surface area contributed by atoms with Crippen LogP contribution in [0, 0.1) is 0 Å². The van der Waals surface area contributed by atoms with Crippen molar-refractivity contribution >= 4 is 5.97 Å². The lowest BCUT2D eigenvalue weighted by Gasteiger charge is -2.30. The maximum absolute atomic E-state index is 11.8. The van der Waals surface area contributed by atoms with Gasteiger partial charge >= 0.3 is 5.97 Å². The zero-order valence-corrected chi connectivity index (χ0v) is 9.53. The van der Waals surface area contributed by atoms with Crippen LogP contribution in [-0.2, 0) is 9.53 Å². The number of rotatable bonds is 3. The highest BCUT2D eigenvalue weighted by Crippen LogP contribution is 2.34. The molecule has 2 rings (SSSR count). The van der Waals surface area contributed by atoms with E-state index in [1.165, 1.54) is 6.42 Å². The van der Waals surface area contributed by atoms with Crippen molar-refractivity contribution in [2.45, 2.75) is 44.7 Å². The number of nitrogens with zero attached hydrogens (tertiary/aromatic N) is 1. The van der Waals surface area contributed by atoms with Gasteiger partial charge in [-0.1, -0.05) is 13.0 Å². The van der Waals surface area contributed by atoms with Crippen LogP contribution in [-0.4, -0.2) is 36.6 Å². The van der Waals surface area contributed by atoms with E-state index in [1.54, 1.807) is 0 Å². The van der Waals surface area contributed by atoms with Gasteiger partial charge in [0.2, 0.25) is 0 Å². The Morgan fingerprint density at radius 3 is 3.13 bits per heavy atom. The van der Waals surface area contributed by atoms with Gasteiger partial charge in [0.15, 0.2) is 0 Å². The molecular formula is C12H19NO2. The van der Waals surface area contributed by atoms with Crippen molar-refractivity contribution in [1.82, 2.24) is 4.90 Å². The van der Waals surface area contributed by atoms with Crippen molar-refractivity contribution in [2.75, 3.05) is 13.7 Å². The minimum Gasteiger partial charge on any atom is -0.462 e. The first-order chi connectivity index (χ1) is 7.24. The van der Waals surface area contributed by atoms with E-state index in [2.05, 4.69) is 18.0 Å². The van der Waals surface area contributed by atoms with Gasteiger partial charge in [-0.3, -0.25) is 4.90 Å². The Bertz CT molecular complexity index is 285. The third kappa shape index (κ3) is 1.93. The summed E-state index contributed by atoms with van der Waals surface area (Å²) in [6, 6.07) is 0.964. The highest BCUT2D eigenvalue weighted by atomic mass is 16.5. The molecular weight excluding hydrogens is 190 g/mol. The Morgan fingerprint density at radius 1 is 1.60 bits per heavy atom. The SMILES string of the molecule is CCCOC(=O)C1=CC[C@@H]2CC[C@H]1N2C. The van der Waals surface area contributed by atoms with Crippen molar-refractivity contribution in [1.29, 1.82) is 0 Å². The lowest BCUT2D eigenvalue weighted by atomic mass is 10.0. The summed E-state index contributed by atoms with van der Waals surface area (Å²) in [5.74, 6) is -0.103. The predicted molar refractivity (Wildman–Crippen MR) is 58.5 cm³/mol. The summed E-state index contributed by atoms with van der Waals surface area (Å²) in [5.41, 5.74) is 0.889. The second-order valence-electron chi connectivity index (χ2n) is 4.44. The van der Waals surface area contributed by atoms with Crippen LogP contribution >= 0.6 is 0 Å². The van der Waals surface area contributed by atoms with Crippen molar-refractivity contribution < 1.29 is 9.53 Å². The molecule has 1 fully saturated rings. The monoisotopic (exact) mass is 209 g/mol. The van der Waals surface area contributed by atoms with E-state index in [4.69, 9.17) is 4.74 Å². The van der Waals surface area contributed by atoms with Crippen LogP contribution in [0.1, 0.15) is 32.6 Å². The Hall–Kier alpha value is -0.830. The van der Waals surface area contributed by atoms with E-state index in [-0.39, 0.29) is 5.97 Å². The maximum Gasteiger partial charge on any atom is 0.335 e. The van der Waals surface area contributed by atoms with Gasteiger partial charge < -0.3 is 4.74 Å². The molecule has 0 radical (unpaired) electrons. The standard InChI is InChI=1S/C12H19NO2/c1-3-8-15-12(14)10-6-4-9-5-7-11(10)13(9)2/h6,9,11H,3-5,7-8H2,1-2H3/t9-,11-/m1/s1. The molecule has 1 saturated heterocycles. The van der Waals surface area contributed by atoms with E-state index in [0.29, 0.717) is 18.7 Å². The minimum absolute atomic E-state index is 0.103. The molecule has 2 aliphatic rings. The summed E-state index contributed by atoms with van der Waals surface area (Å²) < 4.78 is 5.20. The molecule has 0 aromatic carbocycles.